The SMILES string of the molecule is COC(=O)c1cc(CNC(=O)Cc2c(C)noc2C)cc(NC(=O)c2cccc(C(F)(F)F)c2)c1. The van der Waals surface area contributed by atoms with Gasteiger partial charge in [0.05, 0.1) is 30.4 Å². The third kappa shape index (κ3) is 6.46. The molecule has 2 amide bonds. The summed E-state index contributed by atoms with van der Waals surface area (Å²) in [5, 5.41) is 9.00. The minimum absolute atomic E-state index is 0.0134. The monoisotopic (exact) mass is 489 g/mol. The first-order valence-electron chi connectivity index (χ1n) is 10.4. The highest BCUT2D eigenvalue weighted by molar-refractivity contribution is 6.05. The molecule has 2 N–H and O–H groups in total. The molecule has 0 aliphatic rings. The van der Waals surface area contributed by atoms with Gasteiger partial charge in [0.25, 0.3) is 5.91 Å². The second-order valence-corrected chi connectivity index (χ2v) is 7.70. The van der Waals surface area contributed by atoms with Crippen LogP contribution in [0.3, 0.4) is 0 Å². The van der Waals surface area contributed by atoms with Crippen molar-refractivity contribution in [2.24, 2.45) is 0 Å². The van der Waals surface area contributed by atoms with Crippen LogP contribution in [0.5, 0.6) is 0 Å². The van der Waals surface area contributed by atoms with Crippen molar-refractivity contribution in [3.63, 3.8) is 0 Å². The average Bonchev–Trinajstić information content (AvgIpc) is 3.13. The Morgan fingerprint density at radius 2 is 1.80 bits per heavy atom. The second kappa shape index (κ2) is 10.4. The maximum absolute atomic E-state index is 13.0. The van der Waals surface area contributed by atoms with E-state index in [2.05, 4.69) is 15.8 Å². The first-order chi connectivity index (χ1) is 16.5. The van der Waals surface area contributed by atoms with Crippen LogP contribution in [-0.4, -0.2) is 30.1 Å². The van der Waals surface area contributed by atoms with Gasteiger partial charge in [-0.2, -0.15) is 13.2 Å². The van der Waals surface area contributed by atoms with Gasteiger partial charge in [-0.25, -0.2) is 4.79 Å². The molecule has 0 radical (unpaired) electrons. The van der Waals surface area contributed by atoms with Crippen LogP contribution in [0.2, 0.25) is 0 Å². The number of hydrogen-bond donors (Lipinski definition) is 2. The molecule has 184 valence electrons. The number of nitrogens with zero attached hydrogens (tertiary/aromatic N) is 1. The Balaban J connectivity index is 1.78. The van der Waals surface area contributed by atoms with E-state index in [4.69, 9.17) is 9.26 Å². The molecule has 0 spiro atoms. The second-order valence-electron chi connectivity index (χ2n) is 7.70. The molecule has 0 unspecified atom stereocenters. The minimum atomic E-state index is -4.60. The van der Waals surface area contributed by atoms with Crippen LogP contribution in [0.15, 0.2) is 47.0 Å². The lowest BCUT2D eigenvalue weighted by Crippen LogP contribution is -2.25. The highest BCUT2D eigenvalue weighted by Crippen LogP contribution is 2.29. The summed E-state index contributed by atoms with van der Waals surface area (Å²) >= 11 is 0. The normalized spacial score (nSPS) is 11.1. The summed E-state index contributed by atoms with van der Waals surface area (Å²) in [7, 11) is 1.18. The minimum Gasteiger partial charge on any atom is -0.465 e. The summed E-state index contributed by atoms with van der Waals surface area (Å²) in [4.78, 5) is 37.1. The zero-order valence-corrected chi connectivity index (χ0v) is 19.1. The number of benzene rings is 2. The standard InChI is InChI=1S/C24H22F3N3O5/c1-13-20(14(2)35-30-13)11-21(31)28-12-15-7-17(23(33)34-3)10-19(8-15)29-22(32)16-5-4-6-18(9-16)24(25,26)27/h4-10H,11-12H2,1-3H3,(H,28,31)(H,29,32). The van der Waals surface area contributed by atoms with Gasteiger partial charge in [0.15, 0.2) is 0 Å². The highest BCUT2D eigenvalue weighted by atomic mass is 19.4. The van der Waals surface area contributed by atoms with Crippen molar-refractivity contribution in [3.05, 3.63) is 81.7 Å². The van der Waals surface area contributed by atoms with Gasteiger partial charge >= 0.3 is 12.1 Å². The number of nitrogens with one attached hydrogen (secondary N) is 2. The number of anilines is 1. The number of esters is 1. The van der Waals surface area contributed by atoms with E-state index in [1.807, 2.05) is 0 Å². The fourth-order valence-corrected chi connectivity index (χ4v) is 3.32. The number of methoxy groups -OCH3 is 1. The van der Waals surface area contributed by atoms with E-state index in [0.29, 0.717) is 22.6 Å². The summed E-state index contributed by atoms with van der Waals surface area (Å²) in [6.45, 7) is 3.43. The van der Waals surface area contributed by atoms with Gasteiger partial charge in [-0.1, -0.05) is 11.2 Å². The number of halogens is 3. The quantitative estimate of drug-likeness (QED) is 0.481. The van der Waals surface area contributed by atoms with Crippen molar-refractivity contribution < 1.29 is 36.8 Å². The zero-order chi connectivity index (χ0) is 25.8. The van der Waals surface area contributed by atoms with E-state index >= 15 is 0 Å². The molecule has 1 aromatic heterocycles. The molecule has 0 saturated heterocycles. The molecule has 3 aromatic rings. The first-order valence-corrected chi connectivity index (χ1v) is 10.4. The topological polar surface area (TPSA) is 111 Å². The number of ether oxygens (including phenoxy) is 1. The molecule has 0 atom stereocenters. The number of carbonyl (C=O) groups is 3. The summed E-state index contributed by atoms with van der Waals surface area (Å²) in [5.41, 5.74) is 0.784. The zero-order valence-electron chi connectivity index (χ0n) is 19.1. The van der Waals surface area contributed by atoms with E-state index in [1.54, 1.807) is 13.8 Å². The van der Waals surface area contributed by atoms with E-state index in [9.17, 15) is 27.6 Å². The van der Waals surface area contributed by atoms with Crippen LogP contribution in [-0.2, 0) is 28.7 Å². The Morgan fingerprint density at radius 1 is 1.06 bits per heavy atom. The van der Waals surface area contributed by atoms with Crippen molar-refractivity contribution >= 4 is 23.5 Å². The van der Waals surface area contributed by atoms with Gasteiger partial charge in [-0.05, 0) is 55.8 Å². The molecule has 0 aliphatic carbocycles. The molecule has 0 bridgehead atoms. The van der Waals surface area contributed by atoms with E-state index in [0.717, 1.165) is 18.2 Å². The number of aryl methyl sites for hydroxylation is 2. The third-order valence-electron chi connectivity index (χ3n) is 5.13. The van der Waals surface area contributed by atoms with Crippen LogP contribution in [0.4, 0.5) is 18.9 Å². The van der Waals surface area contributed by atoms with Gasteiger partial charge in [0.2, 0.25) is 5.91 Å². The molecule has 0 saturated carbocycles. The van der Waals surface area contributed by atoms with Gasteiger partial charge < -0.3 is 19.9 Å². The van der Waals surface area contributed by atoms with E-state index in [-0.39, 0.29) is 35.7 Å². The number of aromatic nitrogens is 1. The predicted octanol–water partition coefficient (Wildman–Crippen LogP) is 4.21. The lowest BCUT2D eigenvalue weighted by Gasteiger charge is -2.12. The summed E-state index contributed by atoms with van der Waals surface area (Å²) in [6, 6.07) is 8.25. The maximum atomic E-state index is 13.0. The maximum Gasteiger partial charge on any atom is 0.416 e. The van der Waals surface area contributed by atoms with Gasteiger partial charge in [0, 0.05) is 23.4 Å². The fraction of sp³-hybridized carbons (Fsp3) is 0.250. The molecular formula is C24H22F3N3O5. The van der Waals surface area contributed by atoms with Crippen molar-refractivity contribution in [3.8, 4) is 0 Å². The Morgan fingerprint density at radius 3 is 2.43 bits per heavy atom. The summed E-state index contributed by atoms with van der Waals surface area (Å²) in [5.74, 6) is -1.28. The van der Waals surface area contributed by atoms with Crippen molar-refractivity contribution in [1.82, 2.24) is 10.5 Å². The van der Waals surface area contributed by atoms with Crippen molar-refractivity contribution in [1.29, 1.82) is 0 Å². The smallest absolute Gasteiger partial charge is 0.416 e. The molecule has 11 heteroatoms. The van der Waals surface area contributed by atoms with Crippen LogP contribution in [0.25, 0.3) is 0 Å². The predicted molar refractivity (Wildman–Crippen MR) is 119 cm³/mol. The van der Waals surface area contributed by atoms with Gasteiger partial charge in [-0.15, -0.1) is 0 Å². The van der Waals surface area contributed by atoms with Crippen LogP contribution in [0.1, 0.15) is 48.9 Å². The van der Waals surface area contributed by atoms with Crippen LogP contribution < -0.4 is 10.6 Å². The molecule has 3 rings (SSSR count). The first kappa shape index (κ1) is 25.5. The lowest BCUT2D eigenvalue weighted by atomic mass is 10.1. The fourth-order valence-electron chi connectivity index (χ4n) is 3.32. The number of alkyl halides is 3. The van der Waals surface area contributed by atoms with E-state index in [1.165, 1.54) is 31.4 Å². The number of rotatable bonds is 7. The molecular weight excluding hydrogens is 467 g/mol. The number of carbonyl (C=O) groups excluding carboxylic acids is 3. The number of hydrogen-bond acceptors (Lipinski definition) is 6. The third-order valence-corrected chi connectivity index (χ3v) is 5.13. The molecule has 0 fully saturated rings. The van der Waals surface area contributed by atoms with E-state index < -0.39 is 23.6 Å². The van der Waals surface area contributed by atoms with Gasteiger partial charge in [0.1, 0.15) is 5.76 Å². The molecule has 2 aromatic carbocycles. The van der Waals surface area contributed by atoms with Crippen LogP contribution in [0, 0.1) is 13.8 Å². The van der Waals surface area contributed by atoms with Crippen LogP contribution >= 0.6 is 0 Å². The van der Waals surface area contributed by atoms with Crippen molar-refractivity contribution in [2.75, 3.05) is 12.4 Å². The van der Waals surface area contributed by atoms with Gasteiger partial charge in [-0.3, -0.25) is 9.59 Å². The molecule has 35 heavy (non-hydrogen) atoms. The molecule has 8 nitrogen and oxygen atoms in total. The Labute approximate surface area is 198 Å². The lowest BCUT2D eigenvalue weighted by molar-refractivity contribution is -0.137. The summed E-state index contributed by atoms with van der Waals surface area (Å²) in [6.07, 6.45) is -4.56. The Bertz CT molecular complexity index is 1250. The summed E-state index contributed by atoms with van der Waals surface area (Å²) < 4.78 is 48.7. The number of amides is 2. The molecule has 0 aliphatic heterocycles. The largest absolute Gasteiger partial charge is 0.465 e. The Hall–Kier alpha value is -4.15. The highest BCUT2D eigenvalue weighted by Gasteiger charge is 2.31. The Kier molecular flexibility index (Phi) is 7.58. The average molecular weight is 489 g/mol. The van der Waals surface area contributed by atoms with Crippen molar-refractivity contribution in [2.45, 2.75) is 33.0 Å². The molecule has 1 heterocycles.